The summed E-state index contributed by atoms with van der Waals surface area (Å²) < 4.78 is 0. The first-order valence-electron chi connectivity index (χ1n) is 5.21. The Bertz CT molecular complexity index is 334. The molecule has 0 aromatic rings. The third kappa shape index (κ3) is 1.59. The fourth-order valence-electron chi connectivity index (χ4n) is 2.35. The molecule has 2 saturated heterocycles. The van der Waals surface area contributed by atoms with Crippen molar-refractivity contribution in [2.24, 2.45) is 11.8 Å². The minimum Gasteiger partial charge on any atom is -0.341 e. The summed E-state index contributed by atoms with van der Waals surface area (Å²) in [6.45, 7) is 0.713. The lowest BCUT2D eigenvalue weighted by Crippen LogP contribution is -2.36. The summed E-state index contributed by atoms with van der Waals surface area (Å²) in [5.41, 5.74) is 0. The number of hydrogen-bond acceptors (Lipinski definition) is 3. The smallest absolute Gasteiger partial charge is 0.234 e. The van der Waals surface area contributed by atoms with Crippen LogP contribution >= 0.6 is 11.6 Å². The molecule has 0 N–H and O–H groups in total. The fourth-order valence-corrected chi connectivity index (χ4v) is 2.51. The first-order chi connectivity index (χ1) is 7.56. The fraction of sp³-hybridized carbons (Fsp3) is 0.700. The number of halogens is 1. The molecule has 5 nitrogen and oxygen atoms in total. The van der Waals surface area contributed by atoms with E-state index in [9.17, 15) is 14.4 Å². The predicted molar refractivity (Wildman–Crippen MR) is 56.7 cm³/mol. The summed E-state index contributed by atoms with van der Waals surface area (Å²) in [4.78, 5) is 37.6. The maximum atomic E-state index is 11.7. The number of nitrogens with zero attached hydrogens (tertiary/aromatic N) is 2. The Balaban J connectivity index is 2.07. The predicted octanol–water partition coefficient (Wildman–Crippen LogP) is -0.312. The van der Waals surface area contributed by atoms with E-state index >= 15 is 0 Å². The Kier molecular flexibility index (Phi) is 2.88. The van der Waals surface area contributed by atoms with Gasteiger partial charge >= 0.3 is 0 Å². The number of carbonyl (C=O) groups excluding carboxylic acids is 3. The lowest BCUT2D eigenvalue weighted by atomic mass is 10.00. The molecule has 0 radical (unpaired) electrons. The van der Waals surface area contributed by atoms with E-state index in [1.807, 2.05) is 0 Å². The van der Waals surface area contributed by atoms with Crippen LogP contribution in [0, 0.1) is 11.8 Å². The van der Waals surface area contributed by atoms with Gasteiger partial charge in [-0.1, -0.05) is 0 Å². The average Bonchev–Trinajstić information content (AvgIpc) is 2.77. The molecule has 2 rings (SSSR count). The van der Waals surface area contributed by atoms with Crippen LogP contribution in [0.4, 0.5) is 0 Å². The van der Waals surface area contributed by atoms with Crippen LogP contribution in [0.3, 0.4) is 0 Å². The molecule has 0 bridgehead atoms. The van der Waals surface area contributed by atoms with Crippen molar-refractivity contribution in [3.05, 3.63) is 0 Å². The molecule has 2 aliphatic heterocycles. The van der Waals surface area contributed by atoms with Gasteiger partial charge in [0.25, 0.3) is 0 Å². The molecule has 2 aliphatic rings. The van der Waals surface area contributed by atoms with Crippen molar-refractivity contribution in [1.82, 2.24) is 9.80 Å². The molecule has 88 valence electrons. The summed E-state index contributed by atoms with van der Waals surface area (Å²) in [7, 11) is 1.49. The molecule has 0 unspecified atom stereocenters. The number of carbonyl (C=O) groups is 3. The molecular weight excluding hydrogens is 232 g/mol. The molecule has 2 heterocycles. The van der Waals surface area contributed by atoms with Crippen LogP contribution in [0.5, 0.6) is 0 Å². The first-order valence-corrected chi connectivity index (χ1v) is 5.75. The van der Waals surface area contributed by atoms with E-state index in [0.717, 1.165) is 0 Å². The van der Waals surface area contributed by atoms with Crippen molar-refractivity contribution >= 4 is 29.3 Å². The summed E-state index contributed by atoms with van der Waals surface area (Å²) in [5, 5.41) is 0. The van der Waals surface area contributed by atoms with E-state index in [0.29, 0.717) is 13.1 Å². The molecule has 2 atom stereocenters. The third-order valence-electron chi connectivity index (χ3n) is 3.28. The Morgan fingerprint density at radius 1 is 1.31 bits per heavy atom. The molecule has 0 spiro atoms. The number of fused-ring (bicyclic) bond motifs is 1. The van der Waals surface area contributed by atoms with E-state index in [1.165, 1.54) is 11.9 Å². The number of hydrogen-bond donors (Lipinski definition) is 0. The van der Waals surface area contributed by atoms with Gasteiger partial charge in [-0.25, -0.2) is 0 Å². The minimum absolute atomic E-state index is 0.0762. The number of rotatable bonds is 2. The monoisotopic (exact) mass is 244 g/mol. The van der Waals surface area contributed by atoms with Crippen LogP contribution in [-0.4, -0.2) is 53.5 Å². The van der Waals surface area contributed by atoms with E-state index in [2.05, 4.69) is 0 Å². The molecule has 6 heteroatoms. The van der Waals surface area contributed by atoms with Gasteiger partial charge in [-0.2, -0.15) is 0 Å². The SMILES string of the molecule is CN1C(=O)[C@H]2CN(C(=O)CCCl)C[C@H]2C1=O. The Morgan fingerprint density at radius 2 is 1.81 bits per heavy atom. The molecule has 0 saturated carbocycles. The van der Waals surface area contributed by atoms with E-state index < -0.39 is 0 Å². The van der Waals surface area contributed by atoms with Gasteiger partial charge in [0.05, 0.1) is 11.8 Å². The van der Waals surface area contributed by atoms with Crippen LogP contribution in [0.1, 0.15) is 6.42 Å². The normalized spacial score (nSPS) is 28.9. The molecule has 16 heavy (non-hydrogen) atoms. The molecule has 0 aromatic heterocycles. The van der Waals surface area contributed by atoms with E-state index in [4.69, 9.17) is 11.6 Å². The zero-order valence-electron chi connectivity index (χ0n) is 8.98. The van der Waals surface area contributed by atoms with Crippen molar-refractivity contribution in [2.45, 2.75) is 6.42 Å². The van der Waals surface area contributed by atoms with Crippen LogP contribution in [0.25, 0.3) is 0 Å². The molecule has 0 aliphatic carbocycles. The topological polar surface area (TPSA) is 57.7 Å². The van der Waals surface area contributed by atoms with Gasteiger partial charge < -0.3 is 4.90 Å². The highest BCUT2D eigenvalue weighted by Gasteiger charge is 2.51. The number of alkyl halides is 1. The largest absolute Gasteiger partial charge is 0.341 e. The van der Waals surface area contributed by atoms with Gasteiger partial charge in [0.15, 0.2) is 0 Å². The lowest BCUT2D eigenvalue weighted by molar-refractivity contribution is -0.139. The second-order valence-electron chi connectivity index (χ2n) is 4.19. The van der Waals surface area contributed by atoms with Crippen molar-refractivity contribution < 1.29 is 14.4 Å². The summed E-state index contributed by atoms with van der Waals surface area (Å²) >= 11 is 5.49. The second kappa shape index (κ2) is 4.05. The molecule has 2 fully saturated rings. The van der Waals surface area contributed by atoms with Crippen molar-refractivity contribution in [3.8, 4) is 0 Å². The standard InChI is InChI=1S/C10H13ClN2O3/c1-12-9(15)6-4-13(8(14)2-3-11)5-7(6)10(12)16/h6-7H,2-5H2,1H3/t6-,7+. The van der Waals surface area contributed by atoms with Gasteiger partial charge in [0, 0.05) is 32.4 Å². The zero-order valence-corrected chi connectivity index (χ0v) is 9.74. The molecule has 3 amide bonds. The Hall–Kier alpha value is -1.10. The first kappa shape index (κ1) is 11.4. The highest BCUT2D eigenvalue weighted by Crippen LogP contribution is 2.32. The number of likely N-dealkylation sites (tertiary alicyclic amines) is 2. The van der Waals surface area contributed by atoms with Crippen LogP contribution in [-0.2, 0) is 14.4 Å². The van der Waals surface area contributed by atoms with Crippen LogP contribution in [0.2, 0.25) is 0 Å². The number of imide groups is 1. The quantitative estimate of drug-likeness (QED) is 0.495. The van der Waals surface area contributed by atoms with Crippen molar-refractivity contribution in [1.29, 1.82) is 0 Å². The van der Waals surface area contributed by atoms with Gasteiger partial charge in [-0.05, 0) is 0 Å². The van der Waals surface area contributed by atoms with Gasteiger partial charge in [0.2, 0.25) is 17.7 Å². The van der Waals surface area contributed by atoms with Crippen LogP contribution < -0.4 is 0 Å². The zero-order chi connectivity index (χ0) is 11.9. The summed E-state index contributed by atoms with van der Waals surface area (Å²) in [6.07, 6.45) is 0.263. The lowest BCUT2D eigenvalue weighted by Gasteiger charge is -2.18. The Morgan fingerprint density at radius 3 is 2.25 bits per heavy atom. The molecular formula is C10H13ClN2O3. The second-order valence-corrected chi connectivity index (χ2v) is 4.56. The highest BCUT2D eigenvalue weighted by atomic mass is 35.5. The highest BCUT2D eigenvalue weighted by molar-refractivity contribution is 6.19. The molecule has 0 aromatic carbocycles. The van der Waals surface area contributed by atoms with Crippen molar-refractivity contribution in [2.75, 3.05) is 26.0 Å². The average molecular weight is 245 g/mol. The summed E-state index contributed by atoms with van der Waals surface area (Å²) in [6, 6.07) is 0. The van der Waals surface area contributed by atoms with Gasteiger partial charge in [-0.3, -0.25) is 19.3 Å². The maximum Gasteiger partial charge on any atom is 0.234 e. The Labute approximate surface area is 98.3 Å². The number of amides is 3. The minimum atomic E-state index is -0.336. The summed E-state index contributed by atoms with van der Waals surface area (Å²) in [5.74, 6) is -0.819. The third-order valence-corrected chi connectivity index (χ3v) is 3.47. The maximum absolute atomic E-state index is 11.7. The van der Waals surface area contributed by atoms with Gasteiger partial charge in [0.1, 0.15) is 0 Å². The van der Waals surface area contributed by atoms with E-state index in [-0.39, 0.29) is 41.9 Å². The van der Waals surface area contributed by atoms with E-state index in [1.54, 1.807) is 4.90 Å². The van der Waals surface area contributed by atoms with Gasteiger partial charge in [-0.15, -0.1) is 11.6 Å². The van der Waals surface area contributed by atoms with Crippen LogP contribution in [0.15, 0.2) is 0 Å². The van der Waals surface area contributed by atoms with Crippen molar-refractivity contribution in [3.63, 3.8) is 0 Å².